The summed E-state index contributed by atoms with van der Waals surface area (Å²) in [6, 6.07) is 0. The zero-order valence-electron chi connectivity index (χ0n) is 4.95. The minimum Gasteiger partial charge on any atom is -0.178 e. The van der Waals surface area contributed by atoms with Gasteiger partial charge in [0.2, 0.25) is 7.58 Å². The highest BCUT2D eigenvalue weighted by Crippen LogP contribution is 2.82. The molecule has 2 unspecified atom stereocenters. The molecule has 0 radical (unpaired) electrons. The second-order valence-corrected chi connectivity index (χ2v) is 7.95. The molecular formula is Cl2F4N3P3. The van der Waals surface area contributed by atoms with Crippen LogP contribution in [-0.2, 0) is 0 Å². The van der Waals surface area contributed by atoms with E-state index in [1.807, 2.05) is 0 Å². The summed E-state index contributed by atoms with van der Waals surface area (Å²) in [5.41, 5.74) is 0. The van der Waals surface area contributed by atoms with E-state index in [1.54, 1.807) is 0 Å². The molecule has 12 heteroatoms. The van der Waals surface area contributed by atoms with Gasteiger partial charge in [-0.15, -0.1) is 4.48 Å². The maximum atomic E-state index is 12.5. The van der Waals surface area contributed by atoms with Crippen molar-refractivity contribution in [3.05, 3.63) is 0 Å². The smallest absolute Gasteiger partial charge is 0.178 e. The van der Waals surface area contributed by atoms with Crippen LogP contribution < -0.4 is 0 Å². The fourth-order valence-corrected chi connectivity index (χ4v) is 6.03. The fourth-order valence-electron chi connectivity index (χ4n) is 0.365. The number of hydrogen-bond acceptors (Lipinski definition) is 3. The normalized spacial score (nSPS) is 37.8. The first kappa shape index (κ1) is 11.4. The van der Waals surface area contributed by atoms with Crippen molar-refractivity contribution in [2.45, 2.75) is 0 Å². The van der Waals surface area contributed by atoms with Gasteiger partial charge in [0, 0.05) is 0 Å². The van der Waals surface area contributed by atoms with Crippen molar-refractivity contribution in [1.29, 1.82) is 0 Å². The quantitative estimate of drug-likeness (QED) is 0.346. The van der Waals surface area contributed by atoms with E-state index in [1.165, 1.54) is 0 Å². The van der Waals surface area contributed by atoms with Gasteiger partial charge < -0.3 is 0 Å². The Morgan fingerprint density at radius 3 is 2.42 bits per heavy atom. The summed E-state index contributed by atoms with van der Waals surface area (Å²) in [5, 5.41) is 0. The molecule has 72 valence electrons. The predicted molar refractivity (Wildman–Crippen MR) is 43.0 cm³/mol. The monoisotopic (exact) mass is 281 g/mol. The average molecular weight is 282 g/mol. The second-order valence-electron chi connectivity index (χ2n) is 1.51. The third kappa shape index (κ3) is 2.03. The van der Waals surface area contributed by atoms with Crippen molar-refractivity contribution >= 4 is 47.0 Å². The predicted octanol–water partition coefficient (Wildman–Crippen LogP) is 5.19. The molecule has 0 amide bonds. The summed E-state index contributed by atoms with van der Waals surface area (Å²) in [7, 11) is -11.1. The summed E-state index contributed by atoms with van der Waals surface area (Å²) in [4.78, 5) is 0. The van der Waals surface area contributed by atoms with Crippen LogP contribution in [0.4, 0.5) is 17.1 Å². The lowest BCUT2D eigenvalue weighted by Gasteiger charge is -2.28. The van der Waals surface area contributed by atoms with Crippen molar-refractivity contribution in [1.82, 2.24) is 8.62 Å². The third-order valence-corrected chi connectivity index (χ3v) is 8.25. The van der Waals surface area contributed by atoms with E-state index in [0.29, 0.717) is 0 Å². The molecule has 1 aliphatic heterocycles. The third-order valence-electron chi connectivity index (χ3n) is 0.789. The van der Waals surface area contributed by atoms with Crippen molar-refractivity contribution in [2.24, 2.45) is 4.52 Å². The van der Waals surface area contributed by atoms with Crippen LogP contribution in [0.15, 0.2) is 4.52 Å². The number of hydrogen-bond donors (Lipinski definition) is 0. The van der Waals surface area contributed by atoms with E-state index < -0.39 is 28.6 Å². The molecule has 0 saturated carbocycles. The topological polar surface area (TPSA) is 18.8 Å². The van der Waals surface area contributed by atoms with Gasteiger partial charge in [-0.1, -0.05) is 15.2 Å². The largest absolute Gasteiger partial charge is 0.393 e. The summed E-state index contributed by atoms with van der Waals surface area (Å²) < 4.78 is 51.3. The van der Waals surface area contributed by atoms with Gasteiger partial charge >= 0.3 is 16.4 Å². The first-order valence-corrected chi connectivity index (χ1v) is 7.32. The lowest BCUT2D eigenvalue weighted by atomic mass is 13.7. The number of nitrogens with zero attached hydrogens (tertiary/aromatic N) is 3. The number of rotatable bonds is 0. The van der Waals surface area contributed by atoms with E-state index in [0.717, 1.165) is 0 Å². The zero-order chi connectivity index (χ0) is 9.52. The molecule has 0 fully saturated rings. The molecule has 0 aromatic rings. The molecule has 0 N–H and O–H groups in total. The minimum atomic E-state index is -5.08. The van der Waals surface area contributed by atoms with Crippen molar-refractivity contribution < 1.29 is 17.1 Å². The van der Waals surface area contributed by atoms with Crippen LogP contribution in [-0.4, -0.2) is 8.62 Å². The minimum absolute atomic E-state index is 0.234. The molecule has 0 aromatic heterocycles. The number of halogens is 6. The maximum absolute atomic E-state index is 12.5. The van der Waals surface area contributed by atoms with Crippen LogP contribution in [0.2, 0.25) is 0 Å². The Morgan fingerprint density at radius 1 is 1.42 bits per heavy atom. The van der Waals surface area contributed by atoms with E-state index in [4.69, 9.17) is 23.0 Å². The first-order chi connectivity index (χ1) is 5.36. The SMILES string of the molecule is FN1P(F)N=P(F)(F)N(Cl)P1Cl. The molecule has 0 spiro atoms. The fraction of sp³-hybridized carbons (Fsp3) is 0. The molecule has 12 heavy (non-hydrogen) atoms. The van der Waals surface area contributed by atoms with Gasteiger partial charge in [0.15, 0.2) is 0 Å². The maximum Gasteiger partial charge on any atom is 0.393 e. The zero-order valence-corrected chi connectivity index (χ0v) is 9.15. The summed E-state index contributed by atoms with van der Waals surface area (Å²) in [5.74, 6) is 0. The van der Waals surface area contributed by atoms with Crippen LogP contribution >= 0.6 is 47.0 Å². The summed E-state index contributed by atoms with van der Waals surface area (Å²) >= 11 is 9.99. The van der Waals surface area contributed by atoms with Gasteiger partial charge in [-0.25, -0.2) is 0 Å². The van der Waals surface area contributed by atoms with E-state index in [2.05, 4.69) is 4.52 Å². The Kier molecular flexibility index (Phi) is 3.62. The van der Waals surface area contributed by atoms with E-state index in [9.17, 15) is 17.1 Å². The molecule has 1 rings (SSSR count). The van der Waals surface area contributed by atoms with E-state index >= 15 is 0 Å². The highest BCUT2D eigenvalue weighted by molar-refractivity contribution is 7.93. The van der Waals surface area contributed by atoms with Crippen LogP contribution in [0.5, 0.6) is 0 Å². The van der Waals surface area contributed by atoms with Gasteiger partial charge in [-0.3, -0.25) is 0 Å². The Bertz CT molecular complexity index is 230. The average Bonchev–Trinajstić information content (AvgIpc) is 1.97. The van der Waals surface area contributed by atoms with Gasteiger partial charge in [-0.05, 0) is 16.4 Å². The first-order valence-electron chi connectivity index (χ1n) is 2.21. The Morgan fingerprint density at radius 2 is 1.92 bits per heavy atom. The van der Waals surface area contributed by atoms with Crippen LogP contribution in [0.1, 0.15) is 0 Å². The van der Waals surface area contributed by atoms with E-state index in [-0.39, 0.29) is 3.96 Å². The molecule has 1 heterocycles. The molecular weight excluding hydrogens is 282 g/mol. The molecule has 2 atom stereocenters. The highest BCUT2D eigenvalue weighted by atomic mass is 35.7. The van der Waals surface area contributed by atoms with Gasteiger partial charge in [0.1, 0.15) is 0 Å². The van der Waals surface area contributed by atoms with Gasteiger partial charge in [0.25, 0.3) is 0 Å². The molecule has 0 aliphatic carbocycles. The Labute approximate surface area is 77.6 Å². The second kappa shape index (κ2) is 3.82. The lowest BCUT2D eigenvalue weighted by Crippen LogP contribution is -2.07. The molecule has 3 nitrogen and oxygen atoms in total. The van der Waals surface area contributed by atoms with Crippen LogP contribution in [0, 0.1) is 0 Å². The van der Waals surface area contributed by atoms with Gasteiger partial charge in [-0.2, -0.15) is 17.1 Å². The highest BCUT2D eigenvalue weighted by Gasteiger charge is 2.47. The van der Waals surface area contributed by atoms with Crippen molar-refractivity contribution in [3.63, 3.8) is 0 Å². The van der Waals surface area contributed by atoms with Crippen LogP contribution in [0.25, 0.3) is 0 Å². The molecule has 0 saturated heterocycles. The van der Waals surface area contributed by atoms with Crippen molar-refractivity contribution in [3.8, 4) is 0 Å². The molecule has 0 bridgehead atoms. The van der Waals surface area contributed by atoms with Crippen LogP contribution in [0.3, 0.4) is 0 Å². The standard InChI is InChI=1S/Cl2F4N3P3/c1-8-10(2)9(3)11(4)7-12(8,5)6. The molecule has 0 aromatic carbocycles. The summed E-state index contributed by atoms with van der Waals surface area (Å²) in [6.45, 7) is 0. The van der Waals surface area contributed by atoms with Crippen molar-refractivity contribution in [2.75, 3.05) is 0 Å². The summed E-state index contributed by atoms with van der Waals surface area (Å²) in [6.07, 6.45) is 0. The lowest BCUT2D eigenvalue weighted by molar-refractivity contribution is 0.267. The van der Waals surface area contributed by atoms with Gasteiger partial charge in [0.05, 0.1) is 0 Å². The Hall–Kier alpha value is 1.31. The Balaban J connectivity index is 3.01. The molecule has 1 aliphatic rings.